The van der Waals surface area contributed by atoms with E-state index in [1.54, 1.807) is 6.92 Å². The van der Waals surface area contributed by atoms with Gasteiger partial charge in [0.1, 0.15) is 0 Å². The number of aliphatic carboxylic acids is 1. The molecule has 0 aliphatic heterocycles. The molecule has 0 bridgehead atoms. The van der Waals surface area contributed by atoms with E-state index in [1.807, 2.05) is 0 Å². The number of ether oxygens (including phenoxy) is 1. The monoisotopic (exact) mass is 260 g/mol. The predicted molar refractivity (Wildman–Crippen MR) is 77.0 cm³/mol. The molecule has 3 nitrogen and oxygen atoms in total. The van der Waals surface area contributed by atoms with Gasteiger partial charge in [0.05, 0.1) is 0 Å². The smallest absolute Gasteiger partial charge is 0.303 e. The van der Waals surface area contributed by atoms with Crippen molar-refractivity contribution in [3.8, 4) is 0 Å². The zero-order valence-corrected chi connectivity index (χ0v) is 12.5. The first kappa shape index (κ1) is 19.8. The normalized spacial score (nSPS) is 9.72. The van der Waals surface area contributed by atoms with E-state index in [-0.39, 0.29) is 6.42 Å². The number of hydrogen-bond acceptors (Lipinski definition) is 2. The maximum atomic E-state index is 9.37. The quantitative estimate of drug-likeness (QED) is 0.550. The Morgan fingerprint density at radius 3 is 1.50 bits per heavy atom. The molecule has 0 unspecified atom stereocenters. The van der Waals surface area contributed by atoms with Gasteiger partial charge in [-0.3, -0.25) is 4.79 Å². The van der Waals surface area contributed by atoms with E-state index < -0.39 is 5.97 Å². The van der Waals surface area contributed by atoms with Crippen molar-refractivity contribution in [1.29, 1.82) is 0 Å². The summed E-state index contributed by atoms with van der Waals surface area (Å²) in [5.74, 6) is -0.745. The van der Waals surface area contributed by atoms with E-state index in [4.69, 9.17) is 9.84 Å². The summed E-state index contributed by atoms with van der Waals surface area (Å²) in [6.45, 7) is 8.04. The van der Waals surface area contributed by atoms with Crippen LogP contribution >= 0.6 is 0 Å². The van der Waals surface area contributed by atoms with Crippen LogP contribution in [0.5, 0.6) is 0 Å². The van der Waals surface area contributed by atoms with Gasteiger partial charge in [0.2, 0.25) is 0 Å². The van der Waals surface area contributed by atoms with Gasteiger partial charge in [-0.1, -0.05) is 59.3 Å². The van der Waals surface area contributed by atoms with E-state index >= 15 is 0 Å². The molecule has 0 heterocycles. The molecule has 0 aromatic carbocycles. The fraction of sp³-hybridized carbons (Fsp3) is 0.933. The average molecular weight is 260 g/mol. The molecule has 18 heavy (non-hydrogen) atoms. The molecule has 0 radical (unpaired) electrons. The van der Waals surface area contributed by atoms with E-state index in [1.165, 1.54) is 51.4 Å². The van der Waals surface area contributed by atoms with Crippen molar-refractivity contribution in [2.24, 2.45) is 0 Å². The minimum atomic E-state index is -0.745. The van der Waals surface area contributed by atoms with Crippen LogP contribution in [-0.2, 0) is 9.53 Å². The highest BCUT2D eigenvalue weighted by Gasteiger charge is 1.90. The summed E-state index contributed by atoms with van der Waals surface area (Å²) in [5, 5.41) is 7.72. The summed E-state index contributed by atoms with van der Waals surface area (Å²) in [7, 11) is 0. The Hall–Kier alpha value is -0.570. The van der Waals surface area contributed by atoms with Crippen LogP contribution in [0.2, 0.25) is 0 Å². The summed E-state index contributed by atoms with van der Waals surface area (Å²) < 4.78 is 5.53. The van der Waals surface area contributed by atoms with Crippen LogP contribution in [0.4, 0.5) is 0 Å². The number of hydrogen-bond donors (Lipinski definition) is 1. The lowest BCUT2D eigenvalue weighted by atomic mass is 10.2. The van der Waals surface area contributed by atoms with Crippen molar-refractivity contribution in [3.63, 3.8) is 0 Å². The van der Waals surface area contributed by atoms with E-state index in [0.717, 1.165) is 13.2 Å². The van der Waals surface area contributed by atoms with Gasteiger partial charge in [0, 0.05) is 19.6 Å². The van der Waals surface area contributed by atoms with Gasteiger partial charge in [0.15, 0.2) is 0 Å². The Kier molecular flexibility index (Phi) is 20.6. The van der Waals surface area contributed by atoms with Crippen LogP contribution in [0, 0.1) is 0 Å². The third kappa shape index (κ3) is 24.6. The molecule has 3 heteroatoms. The highest BCUT2D eigenvalue weighted by molar-refractivity contribution is 5.66. The predicted octanol–water partition coefficient (Wildman–Crippen LogP) is 4.64. The SMILES string of the molecule is CCC(=O)O.CCCCCCOCCCCCC. The molecule has 0 rings (SSSR count). The second kappa shape index (κ2) is 18.8. The topological polar surface area (TPSA) is 46.5 Å². The lowest BCUT2D eigenvalue weighted by Crippen LogP contribution is -1.96. The molecule has 0 aromatic rings. The minimum absolute atomic E-state index is 0.222. The molecule has 0 atom stereocenters. The van der Waals surface area contributed by atoms with E-state index in [9.17, 15) is 4.79 Å². The van der Waals surface area contributed by atoms with Crippen molar-refractivity contribution < 1.29 is 14.6 Å². The number of carboxylic acid groups (broad SMARTS) is 1. The molecule has 1 N–H and O–H groups in total. The fourth-order valence-corrected chi connectivity index (χ4v) is 1.36. The van der Waals surface area contributed by atoms with Gasteiger partial charge in [-0.2, -0.15) is 0 Å². The van der Waals surface area contributed by atoms with Gasteiger partial charge in [-0.15, -0.1) is 0 Å². The highest BCUT2D eigenvalue weighted by atomic mass is 16.5. The first-order valence-corrected chi connectivity index (χ1v) is 7.48. The zero-order chi connectivity index (χ0) is 14.1. The minimum Gasteiger partial charge on any atom is -0.481 e. The molecule has 110 valence electrons. The Morgan fingerprint density at radius 1 is 0.833 bits per heavy atom. The molecule has 0 amide bonds. The molecular formula is C15H32O3. The molecule has 0 saturated carbocycles. The van der Waals surface area contributed by atoms with Crippen molar-refractivity contribution >= 4 is 5.97 Å². The lowest BCUT2D eigenvalue weighted by molar-refractivity contribution is -0.136. The van der Waals surface area contributed by atoms with Gasteiger partial charge in [-0.05, 0) is 12.8 Å². The van der Waals surface area contributed by atoms with Gasteiger partial charge < -0.3 is 9.84 Å². The lowest BCUT2D eigenvalue weighted by Gasteiger charge is -2.03. The van der Waals surface area contributed by atoms with Crippen LogP contribution < -0.4 is 0 Å². The number of rotatable bonds is 11. The number of carboxylic acids is 1. The van der Waals surface area contributed by atoms with Crippen LogP contribution in [0.1, 0.15) is 78.6 Å². The van der Waals surface area contributed by atoms with E-state index in [2.05, 4.69) is 13.8 Å². The van der Waals surface area contributed by atoms with Crippen molar-refractivity contribution in [2.45, 2.75) is 78.6 Å². The second-order valence-electron chi connectivity index (χ2n) is 4.48. The molecule has 0 aromatic heterocycles. The zero-order valence-electron chi connectivity index (χ0n) is 12.5. The summed E-state index contributed by atoms with van der Waals surface area (Å²) >= 11 is 0. The summed E-state index contributed by atoms with van der Waals surface area (Å²) in [4.78, 5) is 9.37. The first-order chi connectivity index (χ1) is 8.68. The molecule has 0 fully saturated rings. The van der Waals surface area contributed by atoms with Crippen LogP contribution in [-0.4, -0.2) is 24.3 Å². The van der Waals surface area contributed by atoms with Gasteiger partial charge in [0.25, 0.3) is 0 Å². The maximum Gasteiger partial charge on any atom is 0.303 e. The van der Waals surface area contributed by atoms with E-state index in [0.29, 0.717) is 0 Å². The van der Waals surface area contributed by atoms with Crippen molar-refractivity contribution in [2.75, 3.05) is 13.2 Å². The van der Waals surface area contributed by atoms with Crippen molar-refractivity contribution in [1.82, 2.24) is 0 Å². The van der Waals surface area contributed by atoms with Crippen LogP contribution in [0.3, 0.4) is 0 Å². The Morgan fingerprint density at radius 2 is 1.22 bits per heavy atom. The highest BCUT2D eigenvalue weighted by Crippen LogP contribution is 2.01. The third-order valence-corrected chi connectivity index (χ3v) is 2.59. The molecular weight excluding hydrogens is 228 g/mol. The summed E-state index contributed by atoms with van der Waals surface area (Å²) in [6.07, 6.45) is 10.8. The standard InChI is InChI=1S/C12H26O.C3H6O2/c1-3-5-7-9-11-13-12-10-8-6-4-2;1-2-3(4)5/h3-12H2,1-2H3;2H2,1H3,(H,4,5). The summed E-state index contributed by atoms with van der Waals surface area (Å²) in [5.41, 5.74) is 0. The first-order valence-electron chi connectivity index (χ1n) is 7.48. The van der Waals surface area contributed by atoms with Crippen LogP contribution in [0.25, 0.3) is 0 Å². The third-order valence-electron chi connectivity index (χ3n) is 2.59. The molecule has 0 saturated heterocycles. The average Bonchev–Trinajstić information content (AvgIpc) is 2.37. The molecule has 0 spiro atoms. The Labute approximate surface area is 113 Å². The fourth-order valence-electron chi connectivity index (χ4n) is 1.36. The Bertz CT molecular complexity index is 148. The number of carbonyl (C=O) groups is 1. The molecule has 0 aliphatic carbocycles. The summed E-state index contributed by atoms with van der Waals surface area (Å²) in [6, 6.07) is 0. The van der Waals surface area contributed by atoms with Crippen LogP contribution in [0.15, 0.2) is 0 Å². The largest absolute Gasteiger partial charge is 0.481 e. The second-order valence-corrected chi connectivity index (χ2v) is 4.48. The van der Waals surface area contributed by atoms with Gasteiger partial charge in [-0.25, -0.2) is 0 Å². The van der Waals surface area contributed by atoms with Crippen molar-refractivity contribution in [3.05, 3.63) is 0 Å². The number of unbranched alkanes of at least 4 members (excludes halogenated alkanes) is 6. The maximum absolute atomic E-state index is 9.37. The molecule has 0 aliphatic rings. The Balaban J connectivity index is 0. The van der Waals surface area contributed by atoms with Gasteiger partial charge >= 0.3 is 5.97 Å².